The third-order valence-corrected chi connectivity index (χ3v) is 3.93. The Morgan fingerprint density at radius 2 is 1.94 bits per heavy atom. The highest BCUT2D eigenvalue weighted by Crippen LogP contribution is 2.12. The molecule has 3 N–H and O–H groups in total. The molecular weight excluding hydrogens is 240 g/mol. The number of hydrogen-bond acceptors (Lipinski definition) is 3. The van der Waals surface area contributed by atoms with Crippen molar-refractivity contribution in [1.29, 1.82) is 0 Å². The molecule has 0 fully saturated rings. The van der Waals surface area contributed by atoms with Crippen LogP contribution in [0.3, 0.4) is 0 Å². The van der Waals surface area contributed by atoms with Crippen LogP contribution in [0, 0.1) is 6.92 Å². The molecule has 0 amide bonds. The highest BCUT2D eigenvalue weighted by atomic mass is 32.1. The van der Waals surface area contributed by atoms with E-state index < -0.39 is 0 Å². The molecule has 1 heterocycles. The third-order valence-electron chi connectivity index (χ3n) is 3.20. The van der Waals surface area contributed by atoms with Crippen molar-refractivity contribution in [2.75, 3.05) is 0 Å². The van der Waals surface area contributed by atoms with Crippen LogP contribution in [0.15, 0.2) is 41.1 Å². The first-order valence-corrected chi connectivity index (χ1v) is 7.25. The molecule has 96 valence electrons. The zero-order valence-corrected chi connectivity index (χ0v) is 11.5. The summed E-state index contributed by atoms with van der Waals surface area (Å²) in [6.45, 7) is 2.11. The number of nitrogens with one attached hydrogen (secondary N) is 1. The summed E-state index contributed by atoms with van der Waals surface area (Å²) >= 11 is 1.75. The van der Waals surface area contributed by atoms with Crippen LogP contribution in [0.5, 0.6) is 0 Å². The summed E-state index contributed by atoms with van der Waals surface area (Å²) in [7, 11) is 0. The first-order chi connectivity index (χ1) is 8.78. The number of nitrogens with two attached hydrogens (primary N) is 1. The van der Waals surface area contributed by atoms with Gasteiger partial charge in [0.25, 0.3) is 0 Å². The molecule has 0 saturated heterocycles. The van der Waals surface area contributed by atoms with Crippen LogP contribution < -0.4 is 11.3 Å². The number of aryl methyl sites for hydroxylation is 2. The van der Waals surface area contributed by atoms with Crippen LogP contribution in [0.4, 0.5) is 0 Å². The van der Waals surface area contributed by atoms with Gasteiger partial charge < -0.3 is 0 Å². The lowest BCUT2D eigenvalue weighted by molar-refractivity contribution is 0.491. The van der Waals surface area contributed by atoms with E-state index in [9.17, 15) is 0 Å². The highest BCUT2D eigenvalue weighted by molar-refractivity contribution is 7.07. The molecule has 3 heteroatoms. The molecule has 0 aliphatic rings. The summed E-state index contributed by atoms with van der Waals surface area (Å²) in [6, 6.07) is 11.2. The van der Waals surface area contributed by atoms with Crippen molar-refractivity contribution in [2.45, 2.75) is 32.2 Å². The lowest BCUT2D eigenvalue weighted by atomic mass is 10.00. The lowest BCUT2D eigenvalue weighted by Gasteiger charge is -2.15. The van der Waals surface area contributed by atoms with Gasteiger partial charge in [-0.3, -0.25) is 11.3 Å². The van der Waals surface area contributed by atoms with Gasteiger partial charge in [0.2, 0.25) is 0 Å². The Bertz CT molecular complexity index is 448. The van der Waals surface area contributed by atoms with E-state index in [0.717, 1.165) is 19.3 Å². The van der Waals surface area contributed by atoms with Gasteiger partial charge in [0.05, 0.1) is 0 Å². The van der Waals surface area contributed by atoms with Crippen LogP contribution in [0.1, 0.15) is 23.1 Å². The maximum Gasteiger partial charge on any atom is 0.0254 e. The minimum Gasteiger partial charge on any atom is -0.271 e. The van der Waals surface area contributed by atoms with Crippen molar-refractivity contribution in [1.82, 2.24) is 5.43 Å². The summed E-state index contributed by atoms with van der Waals surface area (Å²) < 4.78 is 0. The van der Waals surface area contributed by atoms with Crippen molar-refractivity contribution in [2.24, 2.45) is 5.84 Å². The van der Waals surface area contributed by atoms with Crippen LogP contribution in [-0.4, -0.2) is 6.04 Å². The number of benzene rings is 1. The Balaban J connectivity index is 1.87. The normalized spacial score (nSPS) is 12.6. The first-order valence-electron chi connectivity index (χ1n) is 6.30. The van der Waals surface area contributed by atoms with Gasteiger partial charge >= 0.3 is 0 Å². The predicted molar refractivity (Wildman–Crippen MR) is 78.6 cm³/mol. The van der Waals surface area contributed by atoms with Crippen molar-refractivity contribution in [3.05, 3.63) is 57.8 Å². The van der Waals surface area contributed by atoms with Gasteiger partial charge in [0, 0.05) is 6.04 Å². The molecule has 0 aliphatic heterocycles. The van der Waals surface area contributed by atoms with Gasteiger partial charge in [-0.1, -0.05) is 29.8 Å². The molecule has 18 heavy (non-hydrogen) atoms. The average Bonchev–Trinajstić information content (AvgIpc) is 2.90. The van der Waals surface area contributed by atoms with Crippen molar-refractivity contribution < 1.29 is 0 Å². The molecule has 1 atom stereocenters. The van der Waals surface area contributed by atoms with Crippen molar-refractivity contribution in [3.8, 4) is 0 Å². The molecule has 0 radical (unpaired) electrons. The van der Waals surface area contributed by atoms with Crippen LogP contribution >= 0.6 is 11.3 Å². The first kappa shape index (κ1) is 13.3. The smallest absolute Gasteiger partial charge is 0.0254 e. The largest absolute Gasteiger partial charge is 0.271 e. The van der Waals surface area contributed by atoms with E-state index in [1.807, 2.05) is 0 Å². The Morgan fingerprint density at radius 3 is 2.56 bits per heavy atom. The van der Waals surface area contributed by atoms with Crippen molar-refractivity contribution in [3.63, 3.8) is 0 Å². The van der Waals surface area contributed by atoms with Gasteiger partial charge in [0.1, 0.15) is 0 Å². The molecule has 0 bridgehead atoms. The summed E-state index contributed by atoms with van der Waals surface area (Å²) in [4.78, 5) is 0. The highest BCUT2D eigenvalue weighted by Gasteiger charge is 2.08. The SMILES string of the molecule is Cc1ccc(CC(CCc2ccsc2)NN)cc1. The zero-order chi connectivity index (χ0) is 12.8. The maximum absolute atomic E-state index is 5.64. The molecule has 1 aromatic carbocycles. The van der Waals surface area contributed by atoms with Gasteiger partial charge in [-0.15, -0.1) is 0 Å². The maximum atomic E-state index is 5.64. The van der Waals surface area contributed by atoms with Gasteiger partial charge in [-0.05, 0) is 54.1 Å². The number of hydrogen-bond donors (Lipinski definition) is 2. The summed E-state index contributed by atoms with van der Waals surface area (Å²) in [5.41, 5.74) is 6.98. The van der Waals surface area contributed by atoms with E-state index in [-0.39, 0.29) is 0 Å². The van der Waals surface area contributed by atoms with Gasteiger partial charge in [-0.2, -0.15) is 11.3 Å². The fourth-order valence-electron chi connectivity index (χ4n) is 2.03. The standard InChI is InChI=1S/C15H20N2S/c1-12-2-4-13(5-3-12)10-15(17-16)7-6-14-8-9-18-11-14/h2-5,8-9,11,15,17H,6-7,10,16H2,1H3. The molecule has 2 rings (SSSR count). The minimum atomic E-state index is 0.340. The van der Waals surface area contributed by atoms with E-state index in [0.29, 0.717) is 6.04 Å². The zero-order valence-electron chi connectivity index (χ0n) is 10.7. The van der Waals surface area contributed by atoms with Crippen molar-refractivity contribution >= 4 is 11.3 Å². The molecule has 1 aromatic heterocycles. The Labute approximate surface area is 113 Å². The van der Waals surface area contributed by atoms with Crippen LogP contribution in [0.2, 0.25) is 0 Å². The quantitative estimate of drug-likeness (QED) is 0.619. The lowest BCUT2D eigenvalue weighted by Crippen LogP contribution is -2.37. The van der Waals surface area contributed by atoms with E-state index in [1.54, 1.807) is 11.3 Å². The number of hydrazine groups is 1. The van der Waals surface area contributed by atoms with Gasteiger partial charge in [-0.25, -0.2) is 0 Å². The predicted octanol–water partition coefficient (Wildman–Crippen LogP) is 3.06. The van der Waals surface area contributed by atoms with E-state index in [2.05, 4.69) is 53.4 Å². The van der Waals surface area contributed by atoms with E-state index in [1.165, 1.54) is 16.7 Å². The molecule has 0 saturated carbocycles. The molecule has 2 aromatic rings. The Hall–Kier alpha value is -1.16. The molecular formula is C15H20N2S. The second kappa shape index (κ2) is 6.69. The fourth-order valence-corrected chi connectivity index (χ4v) is 2.73. The monoisotopic (exact) mass is 260 g/mol. The van der Waals surface area contributed by atoms with Crippen LogP contribution in [0.25, 0.3) is 0 Å². The van der Waals surface area contributed by atoms with Gasteiger partial charge in [0.15, 0.2) is 0 Å². The number of rotatable bonds is 6. The minimum absolute atomic E-state index is 0.340. The number of thiophene rings is 1. The van der Waals surface area contributed by atoms with E-state index >= 15 is 0 Å². The topological polar surface area (TPSA) is 38.0 Å². The van der Waals surface area contributed by atoms with E-state index in [4.69, 9.17) is 5.84 Å². The van der Waals surface area contributed by atoms with Crippen LogP contribution in [-0.2, 0) is 12.8 Å². The molecule has 0 spiro atoms. The third kappa shape index (κ3) is 3.95. The second-order valence-electron chi connectivity index (χ2n) is 4.72. The average molecular weight is 260 g/mol. The molecule has 2 nitrogen and oxygen atoms in total. The Morgan fingerprint density at radius 1 is 1.17 bits per heavy atom. The fraction of sp³-hybridized carbons (Fsp3) is 0.333. The molecule has 0 aliphatic carbocycles. The summed E-state index contributed by atoms with van der Waals surface area (Å²) in [6.07, 6.45) is 3.15. The Kier molecular flexibility index (Phi) is 4.93. The molecule has 1 unspecified atom stereocenters. The second-order valence-corrected chi connectivity index (χ2v) is 5.50. The summed E-state index contributed by atoms with van der Waals surface area (Å²) in [5, 5.41) is 4.33. The summed E-state index contributed by atoms with van der Waals surface area (Å²) in [5.74, 6) is 5.64.